The van der Waals surface area contributed by atoms with Crippen molar-refractivity contribution in [1.82, 2.24) is 0 Å². The fraction of sp³-hybridized carbons (Fsp3) is 0.814. The molecule has 396 valence electrons. The number of aliphatic hydroxyl groups excluding tert-OH is 4. The van der Waals surface area contributed by atoms with E-state index in [1.165, 1.54) is 167 Å². The molecule has 6 unspecified atom stereocenters. The van der Waals surface area contributed by atoms with Gasteiger partial charge in [-0.1, -0.05) is 216 Å². The minimum absolute atomic E-state index is 0.119. The Balaban J connectivity index is 2.18. The van der Waals surface area contributed by atoms with Gasteiger partial charge in [-0.05, 0) is 83.5 Å². The number of carbonyl (C=O) groups excluding carboxylic acids is 1. The van der Waals surface area contributed by atoms with Crippen LogP contribution in [0.1, 0.15) is 245 Å². The lowest BCUT2D eigenvalue weighted by Crippen LogP contribution is -2.59. The number of hydrogen-bond donors (Lipinski definition) is 4. The third kappa shape index (κ3) is 39.6. The zero-order chi connectivity index (χ0) is 49.2. The SMILES string of the molecule is CCCCCCC/C=C\C/C=C\C/C=C\CCCCCCCCCCC(=O)OC(COCCCCCCCCCCCC/C=C\C/C=C\CCCCCCC)COC1OC(CO)C(O)C(O)C1O. The predicted molar refractivity (Wildman–Crippen MR) is 284 cm³/mol. The largest absolute Gasteiger partial charge is 0.457 e. The topological polar surface area (TPSA) is 135 Å². The number of unbranched alkanes of at least 4 members (excludes halogenated alkanes) is 28. The number of aliphatic hydroxyl groups is 4. The molecule has 0 aromatic heterocycles. The van der Waals surface area contributed by atoms with Crippen molar-refractivity contribution in [2.24, 2.45) is 0 Å². The van der Waals surface area contributed by atoms with Gasteiger partial charge in [0, 0.05) is 13.0 Å². The summed E-state index contributed by atoms with van der Waals surface area (Å²) in [6.45, 7) is 4.55. The Morgan fingerprint density at radius 2 is 0.853 bits per heavy atom. The van der Waals surface area contributed by atoms with E-state index in [1.54, 1.807) is 0 Å². The van der Waals surface area contributed by atoms with Gasteiger partial charge in [-0.3, -0.25) is 4.79 Å². The summed E-state index contributed by atoms with van der Waals surface area (Å²) in [5.41, 5.74) is 0. The van der Waals surface area contributed by atoms with Crippen molar-refractivity contribution in [2.45, 2.75) is 282 Å². The van der Waals surface area contributed by atoms with Gasteiger partial charge < -0.3 is 39.4 Å². The van der Waals surface area contributed by atoms with E-state index in [0.29, 0.717) is 13.0 Å². The minimum Gasteiger partial charge on any atom is -0.457 e. The normalized spacial score (nSPS) is 19.5. The van der Waals surface area contributed by atoms with Crippen molar-refractivity contribution in [3.8, 4) is 0 Å². The van der Waals surface area contributed by atoms with E-state index in [-0.39, 0.29) is 19.2 Å². The van der Waals surface area contributed by atoms with Crippen LogP contribution >= 0.6 is 0 Å². The fourth-order valence-corrected chi connectivity index (χ4v) is 8.47. The van der Waals surface area contributed by atoms with Crippen LogP contribution in [-0.4, -0.2) is 89.6 Å². The Morgan fingerprint density at radius 3 is 1.28 bits per heavy atom. The number of carbonyl (C=O) groups is 1. The molecule has 6 atom stereocenters. The molecule has 0 aliphatic carbocycles. The summed E-state index contributed by atoms with van der Waals surface area (Å²) in [7, 11) is 0. The summed E-state index contributed by atoms with van der Waals surface area (Å²) in [5.74, 6) is -0.321. The van der Waals surface area contributed by atoms with E-state index in [9.17, 15) is 25.2 Å². The quantitative estimate of drug-likeness (QED) is 0.0267. The molecule has 9 heteroatoms. The highest BCUT2D eigenvalue weighted by Crippen LogP contribution is 2.23. The highest BCUT2D eigenvalue weighted by molar-refractivity contribution is 5.69. The summed E-state index contributed by atoms with van der Waals surface area (Å²) in [6.07, 6.45) is 58.3. The van der Waals surface area contributed by atoms with Gasteiger partial charge in [-0.15, -0.1) is 0 Å². The lowest BCUT2D eigenvalue weighted by Gasteiger charge is -2.39. The second kappa shape index (κ2) is 49.9. The Labute approximate surface area is 417 Å². The van der Waals surface area contributed by atoms with Gasteiger partial charge >= 0.3 is 5.97 Å². The summed E-state index contributed by atoms with van der Waals surface area (Å²) >= 11 is 0. The molecule has 1 heterocycles. The molecule has 0 spiro atoms. The Morgan fingerprint density at radius 1 is 0.471 bits per heavy atom. The predicted octanol–water partition coefficient (Wildman–Crippen LogP) is 14.6. The average molecular weight is 959 g/mol. The molecule has 1 aliphatic rings. The number of allylic oxidation sites excluding steroid dienone is 10. The minimum atomic E-state index is -1.54. The standard InChI is InChI=1S/C59H106O9/c1-3-5-7-9-11-13-15-17-19-21-23-25-27-28-30-32-34-36-38-40-42-44-46-48-55(61)67-53(52-66-59-58(64)57(63)56(62)54(50-60)68-59)51-65-49-47-45-43-41-39-37-35-33-31-29-26-24-22-20-18-16-14-12-10-8-6-4-2/h15-18,21-24,27-28,53-54,56-60,62-64H,3-14,19-20,25-26,29-52H2,1-2H3/b17-15-,18-16-,23-21-,24-22-,28-27-. The first-order valence-electron chi connectivity index (χ1n) is 28.4. The third-order valence-electron chi connectivity index (χ3n) is 12.9. The third-order valence-corrected chi connectivity index (χ3v) is 12.9. The van der Waals surface area contributed by atoms with Crippen molar-refractivity contribution >= 4 is 5.97 Å². The Bertz CT molecular complexity index is 1230. The first-order valence-corrected chi connectivity index (χ1v) is 28.4. The fourth-order valence-electron chi connectivity index (χ4n) is 8.47. The maximum atomic E-state index is 12.9. The summed E-state index contributed by atoms with van der Waals surface area (Å²) in [4.78, 5) is 12.9. The maximum absolute atomic E-state index is 12.9. The smallest absolute Gasteiger partial charge is 0.306 e. The van der Waals surface area contributed by atoms with Crippen LogP contribution in [0.4, 0.5) is 0 Å². The van der Waals surface area contributed by atoms with Gasteiger partial charge in [-0.25, -0.2) is 0 Å². The van der Waals surface area contributed by atoms with Crippen LogP contribution in [-0.2, 0) is 23.7 Å². The monoisotopic (exact) mass is 959 g/mol. The van der Waals surface area contributed by atoms with Crippen molar-refractivity contribution in [3.63, 3.8) is 0 Å². The highest BCUT2D eigenvalue weighted by Gasteiger charge is 2.44. The van der Waals surface area contributed by atoms with E-state index in [0.717, 1.165) is 57.8 Å². The molecule has 0 saturated carbocycles. The van der Waals surface area contributed by atoms with Gasteiger partial charge in [0.2, 0.25) is 0 Å². The molecule has 0 amide bonds. The van der Waals surface area contributed by atoms with Gasteiger partial charge in [0.1, 0.15) is 30.5 Å². The molecular formula is C59H106O9. The van der Waals surface area contributed by atoms with Crippen molar-refractivity contribution in [3.05, 3.63) is 60.8 Å². The van der Waals surface area contributed by atoms with E-state index in [4.69, 9.17) is 18.9 Å². The molecule has 0 aromatic carbocycles. The van der Waals surface area contributed by atoms with Gasteiger partial charge in [0.15, 0.2) is 6.29 Å². The van der Waals surface area contributed by atoms with Crippen LogP contribution in [0, 0.1) is 0 Å². The van der Waals surface area contributed by atoms with Crippen LogP contribution in [0.25, 0.3) is 0 Å². The molecule has 0 bridgehead atoms. The Kier molecular flexibility index (Phi) is 46.9. The second-order valence-corrected chi connectivity index (χ2v) is 19.4. The van der Waals surface area contributed by atoms with E-state index in [2.05, 4.69) is 74.6 Å². The maximum Gasteiger partial charge on any atom is 0.306 e. The lowest BCUT2D eigenvalue weighted by atomic mass is 9.99. The molecule has 1 saturated heterocycles. The van der Waals surface area contributed by atoms with Crippen LogP contribution in [0.3, 0.4) is 0 Å². The number of rotatable bonds is 49. The van der Waals surface area contributed by atoms with Crippen LogP contribution in [0.5, 0.6) is 0 Å². The number of esters is 1. The average Bonchev–Trinajstić information content (AvgIpc) is 3.34. The summed E-state index contributed by atoms with van der Waals surface area (Å²) < 4.78 is 23.0. The molecule has 4 N–H and O–H groups in total. The van der Waals surface area contributed by atoms with Crippen LogP contribution in [0.2, 0.25) is 0 Å². The molecule has 1 fully saturated rings. The first kappa shape index (κ1) is 63.9. The van der Waals surface area contributed by atoms with E-state index < -0.39 is 43.4 Å². The molecule has 1 rings (SSSR count). The van der Waals surface area contributed by atoms with E-state index in [1.807, 2.05) is 0 Å². The molecular weight excluding hydrogens is 853 g/mol. The Hall–Kier alpha value is -2.11. The molecule has 0 aromatic rings. The van der Waals surface area contributed by atoms with Crippen molar-refractivity contribution in [1.29, 1.82) is 0 Å². The summed E-state index contributed by atoms with van der Waals surface area (Å²) in [5, 5.41) is 40.3. The number of ether oxygens (including phenoxy) is 4. The van der Waals surface area contributed by atoms with E-state index >= 15 is 0 Å². The molecule has 68 heavy (non-hydrogen) atoms. The van der Waals surface area contributed by atoms with Crippen LogP contribution < -0.4 is 0 Å². The lowest BCUT2D eigenvalue weighted by molar-refractivity contribution is -0.305. The molecule has 9 nitrogen and oxygen atoms in total. The zero-order valence-corrected chi connectivity index (χ0v) is 43.9. The second-order valence-electron chi connectivity index (χ2n) is 19.4. The van der Waals surface area contributed by atoms with Gasteiger partial charge in [-0.2, -0.15) is 0 Å². The molecule has 1 aliphatic heterocycles. The van der Waals surface area contributed by atoms with Crippen molar-refractivity contribution < 1.29 is 44.2 Å². The summed E-state index contributed by atoms with van der Waals surface area (Å²) in [6, 6.07) is 0. The highest BCUT2D eigenvalue weighted by atomic mass is 16.7. The van der Waals surface area contributed by atoms with Crippen molar-refractivity contribution in [2.75, 3.05) is 26.4 Å². The van der Waals surface area contributed by atoms with Gasteiger partial charge in [0.25, 0.3) is 0 Å². The van der Waals surface area contributed by atoms with Crippen LogP contribution in [0.15, 0.2) is 60.8 Å². The van der Waals surface area contributed by atoms with Gasteiger partial charge in [0.05, 0.1) is 19.8 Å². The molecule has 0 radical (unpaired) electrons. The number of hydrogen-bond acceptors (Lipinski definition) is 9. The first-order chi connectivity index (χ1) is 33.4. The zero-order valence-electron chi connectivity index (χ0n) is 43.9.